The maximum absolute atomic E-state index is 12.6. The van der Waals surface area contributed by atoms with Crippen LogP contribution in [-0.2, 0) is 13.6 Å². The SMILES string of the molecule is CCCN(Cc1ccsc1)C(=O)c1cccn(C)c1=O. The molecule has 2 aromatic rings. The van der Waals surface area contributed by atoms with Crippen molar-refractivity contribution in [3.8, 4) is 0 Å². The van der Waals surface area contributed by atoms with E-state index in [0.717, 1.165) is 12.0 Å². The molecule has 0 atom stereocenters. The van der Waals surface area contributed by atoms with Crippen molar-refractivity contribution in [2.45, 2.75) is 19.9 Å². The summed E-state index contributed by atoms with van der Waals surface area (Å²) in [5, 5.41) is 4.02. The van der Waals surface area contributed by atoms with Crippen LogP contribution in [0.15, 0.2) is 40.0 Å². The predicted octanol–water partition coefficient (Wildman–Crippen LogP) is 2.50. The highest BCUT2D eigenvalue weighted by atomic mass is 32.1. The van der Waals surface area contributed by atoms with Crippen LogP contribution in [-0.4, -0.2) is 21.9 Å². The normalized spacial score (nSPS) is 10.5. The van der Waals surface area contributed by atoms with Gasteiger partial charge in [-0.15, -0.1) is 0 Å². The average molecular weight is 290 g/mol. The van der Waals surface area contributed by atoms with Gasteiger partial charge in [0.15, 0.2) is 0 Å². The largest absolute Gasteiger partial charge is 0.334 e. The Balaban J connectivity index is 2.26. The molecule has 0 fully saturated rings. The van der Waals surface area contributed by atoms with Crippen molar-refractivity contribution in [2.75, 3.05) is 6.54 Å². The first-order valence-electron chi connectivity index (χ1n) is 6.59. The molecule has 5 heteroatoms. The van der Waals surface area contributed by atoms with Crippen molar-refractivity contribution >= 4 is 17.2 Å². The minimum absolute atomic E-state index is 0.195. The summed E-state index contributed by atoms with van der Waals surface area (Å²) in [6.45, 7) is 3.22. The number of nitrogens with zero attached hydrogens (tertiary/aromatic N) is 2. The molecule has 0 N–H and O–H groups in total. The molecule has 2 aromatic heterocycles. The van der Waals surface area contributed by atoms with Gasteiger partial charge in [-0.05, 0) is 40.9 Å². The zero-order valence-electron chi connectivity index (χ0n) is 11.7. The topological polar surface area (TPSA) is 42.3 Å². The number of carbonyl (C=O) groups excluding carboxylic acids is 1. The van der Waals surface area contributed by atoms with Gasteiger partial charge >= 0.3 is 0 Å². The molecular weight excluding hydrogens is 272 g/mol. The minimum atomic E-state index is -0.246. The first kappa shape index (κ1) is 14.5. The first-order chi connectivity index (χ1) is 9.63. The highest BCUT2D eigenvalue weighted by molar-refractivity contribution is 7.07. The molecule has 0 bridgehead atoms. The van der Waals surface area contributed by atoms with Crippen molar-refractivity contribution in [3.63, 3.8) is 0 Å². The lowest BCUT2D eigenvalue weighted by molar-refractivity contribution is 0.0741. The second kappa shape index (κ2) is 6.52. The van der Waals surface area contributed by atoms with Crippen LogP contribution in [0, 0.1) is 0 Å². The number of hydrogen-bond donors (Lipinski definition) is 0. The van der Waals surface area contributed by atoms with E-state index in [1.165, 1.54) is 4.57 Å². The molecule has 0 unspecified atom stereocenters. The van der Waals surface area contributed by atoms with E-state index in [9.17, 15) is 9.59 Å². The van der Waals surface area contributed by atoms with Crippen LogP contribution in [0.1, 0.15) is 29.3 Å². The Bertz CT molecular complexity index is 632. The summed E-state index contributed by atoms with van der Waals surface area (Å²) in [6, 6.07) is 5.33. The Labute approximate surface area is 122 Å². The smallest absolute Gasteiger partial charge is 0.263 e. The molecule has 0 saturated carbocycles. The fourth-order valence-corrected chi connectivity index (χ4v) is 2.72. The molecule has 0 aromatic carbocycles. The van der Waals surface area contributed by atoms with Gasteiger partial charge in [0.1, 0.15) is 5.56 Å². The number of pyridine rings is 1. The van der Waals surface area contributed by atoms with Crippen LogP contribution in [0.5, 0.6) is 0 Å². The number of thiophene rings is 1. The average Bonchev–Trinajstić information content (AvgIpc) is 2.94. The van der Waals surface area contributed by atoms with E-state index in [0.29, 0.717) is 13.1 Å². The van der Waals surface area contributed by atoms with E-state index in [2.05, 4.69) is 0 Å². The lowest BCUT2D eigenvalue weighted by Gasteiger charge is -2.21. The Morgan fingerprint density at radius 1 is 1.40 bits per heavy atom. The summed E-state index contributed by atoms with van der Waals surface area (Å²) in [6.07, 6.45) is 2.52. The number of aromatic nitrogens is 1. The highest BCUT2D eigenvalue weighted by Gasteiger charge is 2.18. The molecule has 2 rings (SSSR count). The minimum Gasteiger partial charge on any atom is -0.334 e. The zero-order valence-corrected chi connectivity index (χ0v) is 12.5. The third-order valence-electron chi connectivity index (χ3n) is 3.09. The third kappa shape index (κ3) is 3.17. The van der Waals surface area contributed by atoms with Crippen molar-refractivity contribution in [2.24, 2.45) is 7.05 Å². The van der Waals surface area contributed by atoms with Crippen molar-refractivity contribution < 1.29 is 4.79 Å². The van der Waals surface area contributed by atoms with E-state index in [1.807, 2.05) is 23.8 Å². The summed E-state index contributed by atoms with van der Waals surface area (Å²) in [5.74, 6) is -0.195. The van der Waals surface area contributed by atoms with Crippen LogP contribution >= 0.6 is 11.3 Å². The summed E-state index contributed by atoms with van der Waals surface area (Å²) in [7, 11) is 1.65. The van der Waals surface area contributed by atoms with Crippen molar-refractivity contribution in [1.82, 2.24) is 9.47 Å². The fraction of sp³-hybridized carbons (Fsp3) is 0.333. The maximum Gasteiger partial charge on any atom is 0.263 e. The monoisotopic (exact) mass is 290 g/mol. The number of carbonyl (C=O) groups is 1. The molecule has 2 heterocycles. The van der Waals surface area contributed by atoms with E-state index in [4.69, 9.17) is 0 Å². The molecule has 0 saturated heterocycles. The van der Waals surface area contributed by atoms with E-state index in [-0.39, 0.29) is 17.0 Å². The van der Waals surface area contributed by atoms with E-state index >= 15 is 0 Å². The Kier molecular flexibility index (Phi) is 4.74. The summed E-state index contributed by atoms with van der Waals surface area (Å²) < 4.78 is 1.43. The van der Waals surface area contributed by atoms with Gasteiger partial charge in [0.2, 0.25) is 0 Å². The van der Waals surface area contributed by atoms with Crippen LogP contribution in [0.2, 0.25) is 0 Å². The van der Waals surface area contributed by atoms with Crippen molar-refractivity contribution in [3.05, 3.63) is 56.6 Å². The zero-order chi connectivity index (χ0) is 14.5. The van der Waals surface area contributed by atoms with Crippen LogP contribution in [0.3, 0.4) is 0 Å². The van der Waals surface area contributed by atoms with Crippen LogP contribution in [0.4, 0.5) is 0 Å². The van der Waals surface area contributed by atoms with Crippen molar-refractivity contribution in [1.29, 1.82) is 0 Å². The van der Waals surface area contributed by atoms with Gasteiger partial charge in [-0.2, -0.15) is 11.3 Å². The predicted molar refractivity (Wildman–Crippen MR) is 81.0 cm³/mol. The molecule has 0 aliphatic carbocycles. The Morgan fingerprint density at radius 3 is 2.85 bits per heavy atom. The Hall–Kier alpha value is -1.88. The van der Waals surface area contributed by atoms with Gasteiger partial charge in [-0.25, -0.2) is 0 Å². The highest BCUT2D eigenvalue weighted by Crippen LogP contribution is 2.12. The molecule has 106 valence electrons. The van der Waals surface area contributed by atoms with Gasteiger partial charge < -0.3 is 9.47 Å². The molecule has 4 nitrogen and oxygen atoms in total. The molecule has 0 aliphatic heterocycles. The third-order valence-corrected chi connectivity index (χ3v) is 3.82. The van der Waals surface area contributed by atoms with Gasteiger partial charge in [0.25, 0.3) is 11.5 Å². The molecule has 1 amide bonds. The molecule has 0 aliphatic rings. The first-order valence-corrected chi connectivity index (χ1v) is 7.53. The van der Waals surface area contributed by atoms with E-state index in [1.54, 1.807) is 41.6 Å². The summed E-state index contributed by atoms with van der Waals surface area (Å²) in [5.41, 5.74) is 1.09. The lowest BCUT2D eigenvalue weighted by atomic mass is 10.2. The second-order valence-electron chi connectivity index (χ2n) is 4.70. The summed E-state index contributed by atoms with van der Waals surface area (Å²) >= 11 is 1.61. The molecule has 0 radical (unpaired) electrons. The van der Waals surface area contributed by atoms with Crippen LogP contribution in [0.25, 0.3) is 0 Å². The summed E-state index contributed by atoms with van der Waals surface area (Å²) in [4.78, 5) is 26.3. The molecule has 0 spiro atoms. The Morgan fingerprint density at radius 2 is 2.20 bits per heavy atom. The number of hydrogen-bond acceptors (Lipinski definition) is 3. The molecule has 20 heavy (non-hydrogen) atoms. The molecular formula is C15H18N2O2S. The van der Waals surface area contributed by atoms with Gasteiger partial charge in [-0.1, -0.05) is 6.92 Å². The number of amides is 1. The number of aryl methyl sites for hydroxylation is 1. The standard InChI is InChI=1S/C15H18N2O2S/c1-3-7-17(10-12-6-9-20-11-12)15(19)13-5-4-8-16(2)14(13)18/h4-6,8-9,11H,3,7,10H2,1-2H3. The van der Waals surface area contributed by atoms with Gasteiger partial charge in [-0.3, -0.25) is 9.59 Å². The quantitative estimate of drug-likeness (QED) is 0.849. The maximum atomic E-state index is 12.6. The van der Waals surface area contributed by atoms with Crippen LogP contribution < -0.4 is 5.56 Å². The van der Waals surface area contributed by atoms with E-state index < -0.39 is 0 Å². The second-order valence-corrected chi connectivity index (χ2v) is 5.48. The van der Waals surface area contributed by atoms with Gasteiger partial charge in [0.05, 0.1) is 0 Å². The number of rotatable bonds is 5. The van der Waals surface area contributed by atoms with Gasteiger partial charge in [0, 0.05) is 26.3 Å². The fourth-order valence-electron chi connectivity index (χ4n) is 2.06. The lowest BCUT2D eigenvalue weighted by Crippen LogP contribution is -2.36.